The molecule has 7 atom stereocenters. The van der Waals surface area contributed by atoms with Crippen molar-refractivity contribution in [3.8, 4) is 0 Å². The van der Waals surface area contributed by atoms with Crippen LogP contribution >= 0.6 is 0 Å². The Bertz CT molecular complexity index is 363. The molecule has 1 N–H and O–H groups in total. The second-order valence-electron chi connectivity index (χ2n) is 9.10. The van der Waals surface area contributed by atoms with E-state index in [0.29, 0.717) is 0 Å². The first kappa shape index (κ1) is 15.5. The van der Waals surface area contributed by atoms with Gasteiger partial charge < -0.3 is 5.32 Å². The summed E-state index contributed by atoms with van der Waals surface area (Å²) in [7, 11) is 0. The van der Waals surface area contributed by atoms with Gasteiger partial charge in [0.1, 0.15) is 0 Å². The maximum atomic E-state index is 3.88. The van der Waals surface area contributed by atoms with Gasteiger partial charge in [-0.3, -0.25) is 0 Å². The average molecular weight is 304 g/mol. The van der Waals surface area contributed by atoms with E-state index < -0.39 is 0 Å². The summed E-state index contributed by atoms with van der Waals surface area (Å²) in [6.07, 6.45) is 18.4. The van der Waals surface area contributed by atoms with Gasteiger partial charge in [0, 0.05) is 6.04 Å². The molecule has 0 aromatic rings. The number of nitrogens with one attached hydrogen (secondary N) is 1. The minimum absolute atomic E-state index is 0.914. The zero-order valence-corrected chi connectivity index (χ0v) is 14.7. The van der Waals surface area contributed by atoms with E-state index in [1.54, 1.807) is 38.5 Å². The molecule has 1 aliphatic heterocycles. The molecule has 126 valence electrons. The van der Waals surface area contributed by atoms with E-state index in [0.717, 1.165) is 41.5 Å². The molecule has 1 heterocycles. The third-order valence-corrected chi connectivity index (χ3v) is 8.09. The predicted molar refractivity (Wildman–Crippen MR) is 93.8 cm³/mol. The lowest BCUT2D eigenvalue weighted by atomic mass is 9.58. The molecule has 0 bridgehead atoms. The Morgan fingerprint density at radius 1 is 0.773 bits per heavy atom. The molecule has 4 rings (SSSR count). The molecule has 0 radical (unpaired) electrons. The van der Waals surface area contributed by atoms with Crippen LogP contribution in [0.1, 0.15) is 84.0 Å². The molecule has 4 fully saturated rings. The van der Waals surface area contributed by atoms with Gasteiger partial charge in [-0.15, -0.1) is 0 Å². The third kappa shape index (κ3) is 2.87. The van der Waals surface area contributed by atoms with Crippen molar-refractivity contribution in [2.24, 2.45) is 35.5 Å². The molecule has 1 nitrogen and oxygen atoms in total. The van der Waals surface area contributed by atoms with Crippen LogP contribution < -0.4 is 5.32 Å². The highest BCUT2D eigenvalue weighted by molar-refractivity contribution is 4.99. The van der Waals surface area contributed by atoms with Gasteiger partial charge in [-0.1, -0.05) is 39.0 Å². The second kappa shape index (κ2) is 6.83. The van der Waals surface area contributed by atoms with Crippen LogP contribution in [-0.4, -0.2) is 12.6 Å². The SMILES string of the molecule is CCCC1CCCCC1C1CCC2C(CCC3CCNC32)C1. The Morgan fingerprint density at radius 2 is 1.55 bits per heavy atom. The Hall–Kier alpha value is -0.0400. The van der Waals surface area contributed by atoms with Crippen molar-refractivity contribution in [2.75, 3.05) is 6.54 Å². The lowest BCUT2D eigenvalue weighted by Crippen LogP contribution is -2.46. The van der Waals surface area contributed by atoms with Crippen LogP contribution in [0.2, 0.25) is 0 Å². The van der Waals surface area contributed by atoms with Gasteiger partial charge in [0.25, 0.3) is 0 Å². The molecular weight excluding hydrogens is 266 g/mol. The fraction of sp³-hybridized carbons (Fsp3) is 1.00. The van der Waals surface area contributed by atoms with Gasteiger partial charge in [-0.2, -0.15) is 0 Å². The van der Waals surface area contributed by atoms with E-state index in [9.17, 15) is 0 Å². The van der Waals surface area contributed by atoms with Crippen LogP contribution in [0, 0.1) is 35.5 Å². The Morgan fingerprint density at radius 3 is 2.45 bits per heavy atom. The number of hydrogen-bond donors (Lipinski definition) is 1. The summed E-state index contributed by atoms with van der Waals surface area (Å²) in [6, 6.07) is 0.914. The van der Waals surface area contributed by atoms with E-state index >= 15 is 0 Å². The summed E-state index contributed by atoms with van der Waals surface area (Å²) in [5, 5.41) is 3.88. The zero-order valence-electron chi connectivity index (χ0n) is 14.7. The van der Waals surface area contributed by atoms with Crippen molar-refractivity contribution < 1.29 is 0 Å². The quantitative estimate of drug-likeness (QED) is 0.736. The first-order valence-corrected chi connectivity index (χ1v) is 10.6. The molecule has 4 aliphatic rings. The van der Waals surface area contributed by atoms with E-state index in [2.05, 4.69) is 12.2 Å². The maximum absolute atomic E-state index is 3.88. The molecule has 0 spiro atoms. The highest BCUT2D eigenvalue weighted by Gasteiger charge is 2.45. The molecular formula is C21H37N. The van der Waals surface area contributed by atoms with E-state index in [4.69, 9.17) is 0 Å². The molecule has 0 aromatic carbocycles. The van der Waals surface area contributed by atoms with Crippen molar-refractivity contribution >= 4 is 0 Å². The maximum Gasteiger partial charge on any atom is 0.0127 e. The normalized spacial score (nSPS) is 48.7. The van der Waals surface area contributed by atoms with Gasteiger partial charge in [-0.05, 0) is 87.0 Å². The van der Waals surface area contributed by atoms with Crippen LogP contribution in [0.15, 0.2) is 0 Å². The van der Waals surface area contributed by atoms with Gasteiger partial charge in [0.15, 0.2) is 0 Å². The summed E-state index contributed by atoms with van der Waals surface area (Å²) in [5.74, 6) is 6.45. The highest BCUT2D eigenvalue weighted by Crippen LogP contribution is 2.51. The fourth-order valence-corrected chi connectivity index (χ4v) is 7.14. The first-order valence-electron chi connectivity index (χ1n) is 10.6. The standard InChI is InChI=1S/C21H37N/c1-2-5-15-6-3-4-7-19(15)17-10-11-20-18(14-17)9-8-16-12-13-22-21(16)20/h15-22H,2-14H2,1H3. The number of hydrogen-bond acceptors (Lipinski definition) is 1. The van der Waals surface area contributed by atoms with Crippen LogP contribution in [0.3, 0.4) is 0 Å². The van der Waals surface area contributed by atoms with Crippen LogP contribution in [0.5, 0.6) is 0 Å². The van der Waals surface area contributed by atoms with Crippen LogP contribution in [-0.2, 0) is 0 Å². The van der Waals surface area contributed by atoms with Gasteiger partial charge in [0.05, 0.1) is 0 Å². The molecule has 3 saturated carbocycles. The van der Waals surface area contributed by atoms with Crippen molar-refractivity contribution in [3.05, 3.63) is 0 Å². The Kier molecular flexibility index (Phi) is 4.81. The van der Waals surface area contributed by atoms with Gasteiger partial charge in [0.2, 0.25) is 0 Å². The van der Waals surface area contributed by atoms with Crippen molar-refractivity contribution in [1.29, 1.82) is 0 Å². The summed E-state index contributed by atoms with van der Waals surface area (Å²) in [6.45, 7) is 3.71. The van der Waals surface area contributed by atoms with E-state index in [1.165, 1.54) is 45.1 Å². The van der Waals surface area contributed by atoms with Gasteiger partial charge in [-0.25, -0.2) is 0 Å². The van der Waals surface area contributed by atoms with Crippen LogP contribution in [0.4, 0.5) is 0 Å². The first-order chi connectivity index (χ1) is 10.9. The predicted octanol–water partition coefficient (Wildman–Crippen LogP) is 5.40. The molecule has 22 heavy (non-hydrogen) atoms. The number of rotatable bonds is 3. The molecule has 1 heteroatoms. The van der Waals surface area contributed by atoms with Gasteiger partial charge >= 0.3 is 0 Å². The van der Waals surface area contributed by atoms with E-state index in [-0.39, 0.29) is 0 Å². The minimum Gasteiger partial charge on any atom is -0.313 e. The Balaban J connectivity index is 1.41. The lowest BCUT2D eigenvalue weighted by molar-refractivity contribution is 0.0320. The minimum atomic E-state index is 0.914. The topological polar surface area (TPSA) is 12.0 Å². The summed E-state index contributed by atoms with van der Waals surface area (Å²) >= 11 is 0. The number of fused-ring (bicyclic) bond motifs is 3. The molecule has 3 aliphatic carbocycles. The van der Waals surface area contributed by atoms with E-state index in [1.807, 2.05) is 0 Å². The molecule has 0 aromatic heterocycles. The Labute approximate surface area is 138 Å². The fourth-order valence-electron chi connectivity index (χ4n) is 7.14. The molecule has 7 unspecified atom stereocenters. The smallest absolute Gasteiger partial charge is 0.0127 e. The van der Waals surface area contributed by atoms with Crippen molar-refractivity contribution in [2.45, 2.75) is 90.0 Å². The summed E-state index contributed by atoms with van der Waals surface area (Å²) in [5.41, 5.74) is 0. The third-order valence-electron chi connectivity index (χ3n) is 8.09. The molecule has 1 saturated heterocycles. The van der Waals surface area contributed by atoms with Crippen molar-refractivity contribution in [1.82, 2.24) is 5.32 Å². The lowest BCUT2D eigenvalue weighted by Gasteiger charge is -2.48. The zero-order chi connectivity index (χ0) is 14.9. The summed E-state index contributed by atoms with van der Waals surface area (Å²) < 4.78 is 0. The largest absolute Gasteiger partial charge is 0.313 e. The van der Waals surface area contributed by atoms with Crippen LogP contribution in [0.25, 0.3) is 0 Å². The monoisotopic (exact) mass is 303 g/mol. The average Bonchev–Trinajstić information content (AvgIpc) is 3.04. The second-order valence-corrected chi connectivity index (χ2v) is 9.10. The summed E-state index contributed by atoms with van der Waals surface area (Å²) in [4.78, 5) is 0. The molecule has 0 amide bonds. The van der Waals surface area contributed by atoms with Crippen molar-refractivity contribution in [3.63, 3.8) is 0 Å². The highest BCUT2D eigenvalue weighted by atomic mass is 15.0.